The Morgan fingerprint density at radius 1 is 1.21 bits per heavy atom. The van der Waals surface area contributed by atoms with Crippen LogP contribution in [0.1, 0.15) is 46.5 Å². The molecule has 3 rings (SSSR count). The van der Waals surface area contributed by atoms with Gasteiger partial charge < -0.3 is 14.4 Å². The van der Waals surface area contributed by atoms with Crippen molar-refractivity contribution in [3.05, 3.63) is 0 Å². The first-order chi connectivity index (χ1) is 8.77. The van der Waals surface area contributed by atoms with Crippen LogP contribution in [0, 0.1) is 5.41 Å². The van der Waals surface area contributed by atoms with E-state index in [1.54, 1.807) is 4.90 Å². The van der Waals surface area contributed by atoms with Gasteiger partial charge in [0.15, 0.2) is 0 Å². The van der Waals surface area contributed by atoms with Gasteiger partial charge in [-0.2, -0.15) is 0 Å². The molecule has 1 amide bonds. The van der Waals surface area contributed by atoms with E-state index < -0.39 is 11.0 Å². The summed E-state index contributed by atoms with van der Waals surface area (Å²) in [5, 5.41) is 0. The van der Waals surface area contributed by atoms with Gasteiger partial charge in [0, 0.05) is 12.6 Å². The number of carbonyl (C=O) groups is 2. The summed E-state index contributed by atoms with van der Waals surface area (Å²) in [5.74, 6) is -0.195. The van der Waals surface area contributed by atoms with Crippen molar-refractivity contribution < 1.29 is 19.1 Å². The first-order valence-electron chi connectivity index (χ1n) is 6.85. The van der Waals surface area contributed by atoms with Gasteiger partial charge in [0.1, 0.15) is 5.60 Å². The highest BCUT2D eigenvalue weighted by Gasteiger charge is 2.52. The summed E-state index contributed by atoms with van der Waals surface area (Å²) in [4.78, 5) is 25.9. The van der Waals surface area contributed by atoms with Crippen LogP contribution < -0.4 is 0 Å². The number of esters is 1. The molecule has 2 heterocycles. The van der Waals surface area contributed by atoms with Crippen molar-refractivity contribution in [2.75, 3.05) is 13.7 Å². The number of hydrogen-bond acceptors (Lipinski definition) is 4. The largest absolute Gasteiger partial charge is 0.469 e. The molecule has 2 aliphatic heterocycles. The molecular weight excluding hydrogens is 246 g/mol. The SMILES string of the molecule is COC(=O)C12CCC(CC1)N(C(=O)OC(C)(C)C)C2. The van der Waals surface area contributed by atoms with Crippen molar-refractivity contribution in [1.29, 1.82) is 0 Å². The highest BCUT2D eigenvalue weighted by molar-refractivity contribution is 5.79. The van der Waals surface area contributed by atoms with Gasteiger partial charge in [-0.3, -0.25) is 4.79 Å². The van der Waals surface area contributed by atoms with E-state index in [2.05, 4.69) is 0 Å². The number of nitrogens with zero attached hydrogens (tertiary/aromatic N) is 1. The molecule has 0 aromatic rings. The van der Waals surface area contributed by atoms with Gasteiger partial charge in [0.2, 0.25) is 0 Å². The van der Waals surface area contributed by atoms with Crippen LogP contribution in [0.4, 0.5) is 4.79 Å². The quantitative estimate of drug-likeness (QED) is 0.686. The summed E-state index contributed by atoms with van der Waals surface area (Å²) >= 11 is 0. The molecule has 1 aliphatic carbocycles. The topological polar surface area (TPSA) is 55.8 Å². The first-order valence-corrected chi connectivity index (χ1v) is 6.85. The van der Waals surface area contributed by atoms with Gasteiger partial charge >= 0.3 is 12.1 Å². The van der Waals surface area contributed by atoms with E-state index in [1.165, 1.54) is 7.11 Å². The molecule has 0 atom stereocenters. The fourth-order valence-corrected chi connectivity index (χ4v) is 3.10. The predicted molar refractivity (Wildman–Crippen MR) is 69.6 cm³/mol. The van der Waals surface area contributed by atoms with Crippen molar-refractivity contribution >= 4 is 12.1 Å². The first kappa shape index (κ1) is 14.2. The molecule has 0 N–H and O–H groups in total. The van der Waals surface area contributed by atoms with E-state index in [0.29, 0.717) is 6.54 Å². The van der Waals surface area contributed by atoms with E-state index in [1.807, 2.05) is 20.8 Å². The Morgan fingerprint density at radius 2 is 1.79 bits per heavy atom. The summed E-state index contributed by atoms with van der Waals surface area (Å²) in [7, 11) is 1.41. The van der Waals surface area contributed by atoms with E-state index in [4.69, 9.17) is 9.47 Å². The van der Waals surface area contributed by atoms with Crippen LogP contribution in [0.5, 0.6) is 0 Å². The maximum atomic E-state index is 12.2. The van der Waals surface area contributed by atoms with E-state index in [-0.39, 0.29) is 18.1 Å². The number of hydrogen-bond donors (Lipinski definition) is 0. The smallest absolute Gasteiger partial charge is 0.410 e. The van der Waals surface area contributed by atoms with Crippen molar-refractivity contribution in [3.8, 4) is 0 Å². The molecule has 2 saturated heterocycles. The second-order valence-corrected chi connectivity index (χ2v) is 6.61. The van der Waals surface area contributed by atoms with Crippen molar-refractivity contribution in [3.63, 3.8) is 0 Å². The predicted octanol–water partition coefficient (Wildman–Crippen LogP) is 2.34. The zero-order chi connectivity index (χ0) is 14.3. The number of rotatable bonds is 1. The van der Waals surface area contributed by atoms with Gasteiger partial charge in [0.05, 0.1) is 12.5 Å². The van der Waals surface area contributed by atoms with E-state index >= 15 is 0 Å². The number of methoxy groups -OCH3 is 1. The van der Waals surface area contributed by atoms with Crippen LogP contribution >= 0.6 is 0 Å². The normalized spacial score (nSPS) is 30.1. The van der Waals surface area contributed by atoms with Crippen LogP contribution in [-0.2, 0) is 14.3 Å². The van der Waals surface area contributed by atoms with Crippen LogP contribution in [-0.4, -0.2) is 42.3 Å². The van der Waals surface area contributed by atoms with Gasteiger partial charge in [-0.1, -0.05) is 0 Å². The summed E-state index contributed by atoms with van der Waals surface area (Å²) in [6.45, 7) is 5.98. The van der Waals surface area contributed by atoms with Gasteiger partial charge in [-0.05, 0) is 46.5 Å². The maximum Gasteiger partial charge on any atom is 0.410 e. The average Bonchev–Trinajstić information content (AvgIpc) is 2.37. The van der Waals surface area contributed by atoms with Gasteiger partial charge in [-0.25, -0.2) is 4.79 Å². The zero-order valence-corrected chi connectivity index (χ0v) is 12.2. The van der Waals surface area contributed by atoms with Gasteiger partial charge in [-0.15, -0.1) is 0 Å². The summed E-state index contributed by atoms with van der Waals surface area (Å²) in [5.41, 5.74) is -1.02. The third-order valence-corrected chi connectivity index (χ3v) is 4.07. The lowest BCUT2D eigenvalue weighted by Gasteiger charge is -2.50. The molecule has 108 valence electrons. The number of amides is 1. The number of carbonyl (C=O) groups excluding carboxylic acids is 2. The molecule has 0 unspecified atom stereocenters. The molecule has 5 nitrogen and oxygen atoms in total. The fraction of sp³-hybridized carbons (Fsp3) is 0.857. The van der Waals surface area contributed by atoms with Gasteiger partial charge in [0.25, 0.3) is 0 Å². The zero-order valence-electron chi connectivity index (χ0n) is 12.2. The Labute approximate surface area is 114 Å². The van der Waals surface area contributed by atoms with Crippen molar-refractivity contribution in [2.45, 2.75) is 58.1 Å². The minimum atomic E-state index is -0.513. The Bertz CT molecular complexity index is 377. The van der Waals surface area contributed by atoms with Crippen LogP contribution in [0.15, 0.2) is 0 Å². The maximum absolute atomic E-state index is 12.2. The minimum Gasteiger partial charge on any atom is -0.469 e. The summed E-state index contributed by atoms with van der Waals surface area (Å²) in [6.07, 6.45) is 3.01. The summed E-state index contributed by atoms with van der Waals surface area (Å²) in [6, 6.07) is 0.210. The average molecular weight is 269 g/mol. The number of ether oxygens (including phenoxy) is 2. The molecule has 0 radical (unpaired) electrons. The molecule has 1 saturated carbocycles. The lowest BCUT2D eigenvalue weighted by molar-refractivity contribution is -0.162. The Balaban J connectivity index is 2.12. The molecule has 19 heavy (non-hydrogen) atoms. The minimum absolute atomic E-state index is 0.195. The molecule has 0 aromatic carbocycles. The molecule has 3 fully saturated rings. The van der Waals surface area contributed by atoms with Crippen LogP contribution in [0.3, 0.4) is 0 Å². The third kappa shape index (κ3) is 2.69. The second-order valence-electron chi connectivity index (χ2n) is 6.61. The molecule has 2 bridgehead atoms. The highest BCUT2D eigenvalue weighted by atomic mass is 16.6. The molecular formula is C14H23NO4. The Kier molecular flexibility index (Phi) is 3.49. The lowest BCUT2D eigenvalue weighted by Crippen LogP contribution is -2.59. The highest BCUT2D eigenvalue weighted by Crippen LogP contribution is 2.45. The number of fused-ring (bicyclic) bond motifs is 3. The van der Waals surface area contributed by atoms with Crippen molar-refractivity contribution in [2.24, 2.45) is 5.41 Å². The van der Waals surface area contributed by atoms with Crippen LogP contribution in [0.2, 0.25) is 0 Å². The lowest BCUT2D eigenvalue weighted by atomic mass is 9.68. The third-order valence-electron chi connectivity index (χ3n) is 4.07. The van der Waals surface area contributed by atoms with E-state index in [0.717, 1.165) is 25.7 Å². The van der Waals surface area contributed by atoms with E-state index in [9.17, 15) is 9.59 Å². The standard InChI is InChI=1S/C14H23NO4/c1-13(2,3)19-12(17)15-9-14(11(16)18-4)7-5-10(15)6-8-14/h10H,5-9H2,1-4H3. The fourth-order valence-electron chi connectivity index (χ4n) is 3.10. The summed E-state index contributed by atoms with van der Waals surface area (Å²) < 4.78 is 10.3. The Morgan fingerprint density at radius 3 is 2.26 bits per heavy atom. The molecule has 0 aromatic heterocycles. The monoisotopic (exact) mass is 269 g/mol. The molecule has 5 heteroatoms. The second kappa shape index (κ2) is 4.69. The van der Waals surface area contributed by atoms with Crippen LogP contribution in [0.25, 0.3) is 0 Å². The molecule has 3 aliphatic rings. The molecule has 0 spiro atoms. The Hall–Kier alpha value is -1.26. The number of piperidine rings is 2. The van der Waals surface area contributed by atoms with Crippen molar-refractivity contribution in [1.82, 2.24) is 4.90 Å².